The van der Waals surface area contributed by atoms with E-state index in [1.807, 2.05) is 0 Å². The van der Waals surface area contributed by atoms with Crippen LogP contribution in [-0.2, 0) is 9.59 Å². The average Bonchev–Trinajstić information content (AvgIpc) is 2.64. The van der Waals surface area contributed by atoms with Crippen molar-refractivity contribution in [2.45, 2.75) is 25.8 Å². The van der Waals surface area contributed by atoms with Crippen LogP contribution in [0, 0.1) is 0 Å². The summed E-state index contributed by atoms with van der Waals surface area (Å²) in [6, 6.07) is 14.3. The summed E-state index contributed by atoms with van der Waals surface area (Å²) in [5, 5.41) is 11.8. The molecule has 2 rings (SSSR count). The zero-order chi connectivity index (χ0) is 18.9. The van der Waals surface area contributed by atoms with Crippen molar-refractivity contribution in [3.63, 3.8) is 0 Å². The van der Waals surface area contributed by atoms with Crippen LogP contribution in [0.2, 0.25) is 0 Å². The molecular weight excluding hydrogens is 334 g/mol. The molecule has 0 aliphatic heterocycles. The number of carboxylic acids is 1. The first-order valence-electron chi connectivity index (χ1n) is 8.28. The van der Waals surface area contributed by atoms with Crippen LogP contribution in [0.3, 0.4) is 0 Å². The second kappa shape index (κ2) is 9.36. The molecule has 0 saturated carbocycles. The fourth-order valence-electron chi connectivity index (χ4n) is 2.37. The van der Waals surface area contributed by atoms with Crippen LogP contribution in [0.4, 0.5) is 0 Å². The molecule has 1 amide bonds. The number of nitrogens with one attached hydrogen (secondary N) is 1. The maximum absolute atomic E-state index is 12.0. The minimum atomic E-state index is -1.11. The highest BCUT2D eigenvalue weighted by atomic mass is 16.5. The van der Waals surface area contributed by atoms with E-state index in [0.29, 0.717) is 29.9 Å². The van der Waals surface area contributed by atoms with E-state index in [-0.39, 0.29) is 18.1 Å². The number of ether oxygens (including phenoxy) is 1. The Kier molecular flexibility index (Phi) is 6.91. The molecule has 26 heavy (non-hydrogen) atoms. The maximum atomic E-state index is 12.0. The summed E-state index contributed by atoms with van der Waals surface area (Å²) in [6.07, 6.45) is 0.601. The van der Waals surface area contributed by atoms with Gasteiger partial charge in [0.05, 0.1) is 6.61 Å². The van der Waals surface area contributed by atoms with Gasteiger partial charge in [0.15, 0.2) is 11.8 Å². The first kappa shape index (κ1) is 19.2. The van der Waals surface area contributed by atoms with Crippen molar-refractivity contribution in [1.29, 1.82) is 0 Å². The molecule has 0 bridgehead atoms. The lowest BCUT2D eigenvalue weighted by atomic mass is 10.1. The van der Waals surface area contributed by atoms with Crippen LogP contribution in [0.5, 0.6) is 5.75 Å². The second-order valence-corrected chi connectivity index (χ2v) is 5.78. The first-order chi connectivity index (χ1) is 12.5. The van der Waals surface area contributed by atoms with Gasteiger partial charge in [-0.1, -0.05) is 30.3 Å². The van der Waals surface area contributed by atoms with Crippen molar-refractivity contribution in [3.8, 4) is 5.75 Å². The van der Waals surface area contributed by atoms with Crippen molar-refractivity contribution in [3.05, 3.63) is 65.7 Å². The van der Waals surface area contributed by atoms with E-state index in [2.05, 4.69) is 5.32 Å². The SMILES string of the molecule is CC(=O)c1ccc(OCCCC(=O)NC(C(=O)O)c2ccccc2)cc1. The third-order valence-corrected chi connectivity index (χ3v) is 3.76. The van der Waals surface area contributed by atoms with Crippen LogP contribution in [0.25, 0.3) is 0 Å². The van der Waals surface area contributed by atoms with Crippen molar-refractivity contribution in [1.82, 2.24) is 5.32 Å². The van der Waals surface area contributed by atoms with Gasteiger partial charge in [-0.15, -0.1) is 0 Å². The van der Waals surface area contributed by atoms with Gasteiger partial charge in [0, 0.05) is 12.0 Å². The number of hydrogen-bond donors (Lipinski definition) is 2. The van der Waals surface area contributed by atoms with Crippen LogP contribution in [-0.4, -0.2) is 29.4 Å². The summed E-state index contributed by atoms with van der Waals surface area (Å²) in [4.78, 5) is 34.6. The third kappa shape index (κ3) is 5.73. The molecule has 0 aliphatic rings. The highest BCUT2D eigenvalue weighted by Crippen LogP contribution is 2.14. The molecule has 0 heterocycles. The number of benzene rings is 2. The number of amides is 1. The van der Waals surface area contributed by atoms with E-state index in [1.54, 1.807) is 54.6 Å². The maximum Gasteiger partial charge on any atom is 0.330 e. The van der Waals surface area contributed by atoms with Gasteiger partial charge < -0.3 is 15.2 Å². The lowest BCUT2D eigenvalue weighted by Crippen LogP contribution is -2.33. The van der Waals surface area contributed by atoms with E-state index >= 15 is 0 Å². The molecule has 0 radical (unpaired) electrons. The molecule has 0 spiro atoms. The number of rotatable bonds is 9. The van der Waals surface area contributed by atoms with E-state index in [9.17, 15) is 19.5 Å². The molecule has 2 aromatic carbocycles. The van der Waals surface area contributed by atoms with E-state index in [1.165, 1.54) is 6.92 Å². The molecule has 0 fully saturated rings. The lowest BCUT2D eigenvalue weighted by molar-refractivity contribution is -0.142. The average molecular weight is 355 g/mol. The van der Waals surface area contributed by atoms with Crippen molar-refractivity contribution < 1.29 is 24.2 Å². The van der Waals surface area contributed by atoms with Crippen molar-refractivity contribution in [2.24, 2.45) is 0 Å². The highest BCUT2D eigenvalue weighted by Gasteiger charge is 2.21. The van der Waals surface area contributed by atoms with E-state index < -0.39 is 12.0 Å². The fraction of sp³-hybridized carbons (Fsp3) is 0.250. The van der Waals surface area contributed by atoms with Crippen LogP contribution >= 0.6 is 0 Å². The molecule has 0 aliphatic carbocycles. The summed E-state index contributed by atoms with van der Waals surface area (Å²) >= 11 is 0. The summed E-state index contributed by atoms with van der Waals surface area (Å²) in [5.41, 5.74) is 1.13. The fourth-order valence-corrected chi connectivity index (χ4v) is 2.37. The Balaban J connectivity index is 1.77. The highest BCUT2D eigenvalue weighted by molar-refractivity contribution is 5.94. The Morgan fingerprint density at radius 1 is 1.04 bits per heavy atom. The number of Topliss-reactive ketones (excluding diaryl/α,β-unsaturated/α-hetero) is 1. The Bertz CT molecular complexity index is 756. The number of carbonyl (C=O) groups is 3. The second-order valence-electron chi connectivity index (χ2n) is 5.78. The molecule has 136 valence electrons. The number of ketones is 1. The van der Waals surface area contributed by atoms with Gasteiger partial charge in [-0.3, -0.25) is 9.59 Å². The van der Waals surface area contributed by atoms with Crippen LogP contribution in [0.1, 0.15) is 41.7 Å². The summed E-state index contributed by atoms with van der Waals surface area (Å²) in [7, 11) is 0. The van der Waals surface area contributed by atoms with E-state index in [0.717, 1.165) is 0 Å². The predicted octanol–water partition coefficient (Wildman–Crippen LogP) is 2.99. The zero-order valence-electron chi connectivity index (χ0n) is 14.5. The van der Waals surface area contributed by atoms with Gasteiger partial charge in [0.1, 0.15) is 5.75 Å². The molecule has 0 saturated heterocycles. The quantitative estimate of drug-likeness (QED) is 0.533. The number of aliphatic carboxylic acids is 1. The van der Waals surface area contributed by atoms with Gasteiger partial charge in [-0.05, 0) is 43.2 Å². The van der Waals surface area contributed by atoms with Gasteiger partial charge in [-0.25, -0.2) is 4.79 Å². The van der Waals surface area contributed by atoms with Gasteiger partial charge in [0.2, 0.25) is 5.91 Å². The number of carbonyl (C=O) groups excluding carboxylic acids is 2. The minimum absolute atomic E-state index is 0.0142. The zero-order valence-corrected chi connectivity index (χ0v) is 14.5. The molecule has 0 aromatic heterocycles. The molecule has 1 atom stereocenters. The smallest absolute Gasteiger partial charge is 0.330 e. The summed E-state index contributed by atoms with van der Waals surface area (Å²) in [5.74, 6) is -0.856. The standard InChI is InChI=1S/C20H21NO5/c1-14(22)15-9-11-17(12-10-15)26-13-5-8-18(23)21-19(20(24)25)16-6-3-2-4-7-16/h2-4,6-7,9-12,19H,5,8,13H2,1H3,(H,21,23)(H,24,25). The van der Waals surface area contributed by atoms with Crippen LogP contribution < -0.4 is 10.1 Å². The summed E-state index contributed by atoms with van der Waals surface area (Å²) in [6.45, 7) is 1.81. The molecule has 2 aromatic rings. The molecular formula is C20H21NO5. The Morgan fingerprint density at radius 2 is 1.69 bits per heavy atom. The van der Waals surface area contributed by atoms with Gasteiger partial charge >= 0.3 is 5.97 Å². The van der Waals surface area contributed by atoms with E-state index in [4.69, 9.17) is 4.74 Å². The largest absolute Gasteiger partial charge is 0.494 e. The molecule has 6 heteroatoms. The van der Waals surface area contributed by atoms with Gasteiger partial charge in [0.25, 0.3) is 0 Å². The monoisotopic (exact) mass is 355 g/mol. The Labute approximate surface area is 151 Å². The Hall–Kier alpha value is -3.15. The minimum Gasteiger partial charge on any atom is -0.494 e. The van der Waals surface area contributed by atoms with Gasteiger partial charge in [-0.2, -0.15) is 0 Å². The Morgan fingerprint density at radius 3 is 2.27 bits per heavy atom. The van der Waals surface area contributed by atoms with Crippen LogP contribution in [0.15, 0.2) is 54.6 Å². The lowest BCUT2D eigenvalue weighted by Gasteiger charge is -2.15. The predicted molar refractivity (Wildman–Crippen MR) is 96.1 cm³/mol. The first-order valence-corrected chi connectivity index (χ1v) is 8.28. The number of hydrogen-bond acceptors (Lipinski definition) is 4. The third-order valence-electron chi connectivity index (χ3n) is 3.76. The normalized spacial score (nSPS) is 11.4. The van der Waals surface area contributed by atoms with Crippen molar-refractivity contribution in [2.75, 3.05) is 6.61 Å². The summed E-state index contributed by atoms with van der Waals surface area (Å²) < 4.78 is 5.52. The molecule has 2 N–H and O–H groups in total. The topological polar surface area (TPSA) is 92.7 Å². The van der Waals surface area contributed by atoms with Crippen molar-refractivity contribution >= 4 is 17.7 Å². The molecule has 6 nitrogen and oxygen atoms in total. The number of carboxylic acid groups (broad SMARTS) is 1. The molecule has 1 unspecified atom stereocenters.